The summed E-state index contributed by atoms with van der Waals surface area (Å²) in [6.45, 7) is 1.48. The van der Waals surface area contributed by atoms with Gasteiger partial charge in [0.15, 0.2) is 5.82 Å². The number of nitrogens with zero attached hydrogens (tertiary/aromatic N) is 3. The molecule has 1 saturated carbocycles. The Morgan fingerprint density at radius 1 is 1.23 bits per heavy atom. The molecule has 0 bridgehead atoms. The van der Waals surface area contributed by atoms with Crippen molar-refractivity contribution in [1.29, 1.82) is 0 Å². The maximum atomic E-state index is 12.4. The van der Waals surface area contributed by atoms with Crippen molar-refractivity contribution in [2.75, 3.05) is 0 Å². The van der Waals surface area contributed by atoms with Crippen LogP contribution < -0.4 is 10.6 Å². The largest absolute Gasteiger partial charge is 0.347 e. The lowest BCUT2D eigenvalue weighted by Gasteiger charge is -2.24. The van der Waals surface area contributed by atoms with Gasteiger partial charge in [-0.15, -0.1) is 10.2 Å². The highest BCUT2D eigenvalue weighted by Crippen LogP contribution is 2.33. The minimum atomic E-state index is -0.0168. The predicted octanol–water partition coefficient (Wildman–Crippen LogP) is 1.15. The highest BCUT2D eigenvalue weighted by atomic mass is 16.2. The first-order valence-corrected chi connectivity index (χ1v) is 8.76. The molecule has 2 fully saturated rings. The van der Waals surface area contributed by atoms with Gasteiger partial charge >= 0.3 is 0 Å². The van der Waals surface area contributed by atoms with Gasteiger partial charge in [-0.05, 0) is 38.0 Å². The van der Waals surface area contributed by atoms with Gasteiger partial charge in [0.1, 0.15) is 5.82 Å². The molecule has 22 heavy (non-hydrogen) atoms. The van der Waals surface area contributed by atoms with Crippen LogP contribution in [0.5, 0.6) is 0 Å². The summed E-state index contributed by atoms with van der Waals surface area (Å²) in [5.41, 5.74) is 0. The Balaban J connectivity index is 1.34. The van der Waals surface area contributed by atoms with Crippen LogP contribution in [-0.2, 0) is 24.3 Å². The first-order valence-electron chi connectivity index (χ1n) is 8.76. The second kappa shape index (κ2) is 5.99. The molecule has 1 aromatic heterocycles. The highest BCUT2D eigenvalue weighted by molar-refractivity contribution is 5.82. The van der Waals surface area contributed by atoms with Crippen molar-refractivity contribution in [3.8, 4) is 0 Å². The van der Waals surface area contributed by atoms with Crippen LogP contribution in [0.4, 0.5) is 0 Å². The molecule has 2 N–H and O–H groups in total. The van der Waals surface area contributed by atoms with E-state index in [9.17, 15) is 4.79 Å². The number of nitrogens with one attached hydrogen (secondary N) is 2. The molecule has 1 saturated heterocycles. The Bertz CT molecular complexity index is 541. The number of carbonyl (C=O) groups excluding carboxylic acids is 1. The van der Waals surface area contributed by atoms with Gasteiger partial charge in [-0.1, -0.05) is 12.8 Å². The Morgan fingerprint density at radius 3 is 3.05 bits per heavy atom. The second-order valence-electron chi connectivity index (χ2n) is 6.96. The average molecular weight is 303 g/mol. The molecule has 3 unspecified atom stereocenters. The molecule has 3 heterocycles. The Labute approximate surface area is 131 Å². The summed E-state index contributed by atoms with van der Waals surface area (Å²) in [6, 6.07) is 0.544. The van der Waals surface area contributed by atoms with Crippen LogP contribution in [-0.4, -0.2) is 32.8 Å². The summed E-state index contributed by atoms with van der Waals surface area (Å²) in [6.07, 6.45) is 9.50. The fraction of sp³-hybridized carbons (Fsp3) is 0.812. The van der Waals surface area contributed by atoms with Crippen LogP contribution in [0.15, 0.2) is 0 Å². The van der Waals surface area contributed by atoms with E-state index in [1.54, 1.807) is 0 Å². The van der Waals surface area contributed by atoms with E-state index >= 15 is 0 Å². The Kier molecular flexibility index (Phi) is 3.86. The van der Waals surface area contributed by atoms with Gasteiger partial charge in [-0.3, -0.25) is 4.79 Å². The first kappa shape index (κ1) is 14.2. The van der Waals surface area contributed by atoms with E-state index < -0.39 is 0 Å². The lowest BCUT2D eigenvalue weighted by molar-refractivity contribution is -0.123. The van der Waals surface area contributed by atoms with Gasteiger partial charge in [0.25, 0.3) is 0 Å². The molecule has 1 aromatic rings. The van der Waals surface area contributed by atoms with Gasteiger partial charge in [-0.25, -0.2) is 0 Å². The zero-order chi connectivity index (χ0) is 14.9. The molecule has 0 aromatic carbocycles. The summed E-state index contributed by atoms with van der Waals surface area (Å²) in [5.74, 6) is 2.80. The van der Waals surface area contributed by atoms with E-state index in [0.717, 1.165) is 31.0 Å². The predicted molar refractivity (Wildman–Crippen MR) is 82.1 cm³/mol. The van der Waals surface area contributed by atoms with Crippen molar-refractivity contribution in [3.05, 3.63) is 11.6 Å². The highest BCUT2D eigenvalue weighted by Gasteiger charge is 2.38. The van der Waals surface area contributed by atoms with Gasteiger partial charge in [0, 0.05) is 19.0 Å². The van der Waals surface area contributed by atoms with E-state index in [0.29, 0.717) is 18.5 Å². The smallest absolute Gasteiger partial charge is 0.237 e. The van der Waals surface area contributed by atoms with Crippen LogP contribution in [0.25, 0.3) is 0 Å². The van der Waals surface area contributed by atoms with Gasteiger partial charge in [0.2, 0.25) is 5.91 Å². The molecular formula is C16H25N5O. The normalized spacial score (nSPS) is 30.6. The number of carbonyl (C=O) groups is 1. The average Bonchev–Trinajstić information content (AvgIpc) is 3.16. The maximum Gasteiger partial charge on any atom is 0.237 e. The zero-order valence-electron chi connectivity index (χ0n) is 13.1. The third-order valence-corrected chi connectivity index (χ3v) is 5.54. The molecule has 2 aliphatic heterocycles. The molecule has 6 heteroatoms. The molecular weight excluding hydrogens is 278 g/mol. The van der Waals surface area contributed by atoms with Crippen LogP contribution in [0.1, 0.15) is 56.6 Å². The topological polar surface area (TPSA) is 71.8 Å². The van der Waals surface area contributed by atoms with E-state index in [1.807, 2.05) is 0 Å². The molecule has 4 rings (SSSR count). The number of aryl methyl sites for hydroxylation is 1. The molecule has 3 aliphatic rings. The van der Waals surface area contributed by atoms with Gasteiger partial charge in [0.05, 0.1) is 12.6 Å². The summed E-state index contributed by atoms with van der Waals surface area (Å²) in [7, 11) is 0. The molecule has 1 aliphatic carbocycles. The van der Waals surface area contributed by atoms with Crippen LogP contribution in [0, 0.1) is 5.92 Å². The minimum Gasteiger partial charge on any atom is -0.347 e. The van der Waals surface area contributed by atoms with Crippen molar-refractivity contribution < 1.29 is 4.79 Å². The number of hydrogen-bond donors (Lipinski definition) is 2. The van der Waals surface area contributed by atoms with E-state index in [2.05, 4.69) is 25.4 Å². The van der Waals surface area contributed by atoms with E-state index in [4.69, 9.17) is 0 Å². The van der Waals surface area contributed by atoms with Crippen molar-refractivity contribution >= 4 is 5.91 Å². The fourth-order valence-corrected chi connectivity index (χ4v) is 4.31. The SMILES string of the molecule is O=C(NCc1nnc2n1CCCC2)C1CC2CCCCC2N1. The molecule has 3 atom stereocenters. The van der Waals surface area contributed by atoms with Gasteiger partial charge in [-0.2, -0.15) is 0 Å². The van der Waals surface area contributed by atoms with E-state index in [-0.39, 0.29) is 11.9 Å². The van der Waals surface area contributed by atoms with Crippen LogP contribution in [0.3, 0.4) is 0 Å². The molecule has 0 radical (unpaired) electrons. The summed E-state index contributed by atoms with van der Waals surface area (Å²) in [5, 5.41) is 15.1. The second-order valence-corrected chi connectivity index (χ2v) is 6.96. The fourth-order valence-electron chi connectivity index (χ4n) is 4.31. The zero-order valence-corrected chi connectivity index (χ0v) is 13.1. The van der Waals surface area contributed by atoms with Gasteiger partial charge < -0.3 is 15.2 Å². The third kappa shape index (κ3) is 2.64. The van der Waals surface area contributed by atoms with Crippen molar-refractivity contribution in [1.82, 2.24) is 25.4 Å². The molecule has 0 spiro atoms. The summed E-state index contributed by atoms with van der Waals surface area (Å²) < 4.78 is 2.17. The summed E-state index contributed by atoms with van der Waals surface area (Å²) in [4.78, 5) is 12.4. The number of fused-ring (bicyclic) bond motifs is 2. The Hall–Kier alpha value is -1.43. The first-order chi connectivity index (χ1) is 10.8. The molecule has 6 nitrogen and oxygen atoms in total. The lowest BCUT2D eigenvalue weighted by Crippen LogP contribution is -2.43. The van der Waals surface area contributed by atoms with Crippen LogP contribution >= 0.6 is 0 Å². The van der Waals surface area contributed by atoms with Crippen molar-refractivity contribution in [2.24, 2.45) is 5.92 Å². The monoisotopic (exact) mass is 303 g/mol. The number of rotatable bonds is 3. The number of amides is 1. The van der Waals surface area contributed by atoms with E-state index in [1.165, 1.54) is 38.5 Å². The maximum absolute atomic E-state index is 12.4. The van der Waals surface area contributed by atoms with Crippen molar-refractivity contribution in [2.45, 2.75) is 76.5 Å². The lowest BCUT2D eigenvalue weighted by atomic mass is 9.85. The minimum absolute atomic E-state index is 0.0168. The Morgan fingerprint density at radius 2 is 2.14 bits per heavy atom. The molecule has 1 amide bonds. The van der Waals surface area contributed by atoms with Crippen LogP contribution in [0.2, 0.25) is 0 Å². The third-order valence-electron chi connectivity index (χ3n) is 5.54. The quantitative estimate of drug-likeness (QED) is 0.879. The number of aromatic nitrogens is 3. The summed E-state index contributed by atoms with van der Waals surface area (Å²) >= 11 is 0. The van der Waals surface area contributed by atoms with Crippen molar-refractivity contribution in [3.63, 3.8) is 0 Å². The molecule has 120 valence electrons. The standard InChI is InChI=1S/C16H25N5O/c22-16(13-9-11-5-1-2-6-12(11)18-13)17-10-15-20-19-14-7-3-4-8-21(14)15/h11-13,18H,1-10H2,(H,17,22). The number of hydrogen-bond acceptors (Lipinski definition) is 4.